The predicted molar refractivity (Wildman–Crippen MR) is 39.1 cm³/mol. The highest BCUT2D eigenvalue weighted by atomic mass is 16.6. The molecule has 0 aromatic rings. The van der Waals surface area contributed by atoms with E-state index in [2.05, 4.69) is 4.74 Å². The van der Waals surface area contributed by atoms with Crippen molar-refractivity contribution in [1.29, 1.82) is 0 Å². The van der Waals surface area contributed by atoms with Crippen LogP contribution in [-0.2, 0) is 4.74 Å². The largest absolute Gasteiger partial charge is 0.387 e. The van der Waals surface area contributed by atoms with Crippen molar-refractivity contribution >= 4 is 0 Å². The summed E-state index contributed by atoms with van der Waals surface area (Å²) in [6.07, 6.45) is -9.24. The number of ether oxygens (including phenoxy) is 1. The molecule has 0 bridgehead atoms. The lowest BCUT2D eigenvalue weighted by molar-refractivity contribution is -0.296. The van der Waals surface area contributed by atoms with E-state index in [-0.39, 0.29) is 0 Å². The Kier molecular flexibility index (Phi) is 3.19. The zero-order chi connectivity index (χ0) is 10.2. The van der Waals surface area contributed by atoms with Gasteiger partial charge in [-0.15, -0.1) is 0 Å². The van der Waals surface area contributed by atoms with Gasteiger partial charge in [-0.25, -0.2) is 0 Å². The summed E-state index contributed by atoms with van der Waals surface area (Å²) in [6, 6.07) is 0. The molecule has 13 heavy (non-hydrogen) atoms. The summed E-state index contributed by atoms with van der Waals surface area (Å²) in [4.78, 5) is 0. The Morgan fingerprint density at radius 3 is 2.00 bits per heavy atom. The van der Waals surface area contributed by atoms with Crippen LogP contribution in [-0.4, -0.2) is 62.5 Å². The number of aliphatic hydroxyl groups is 5. The lowest BCUT2D eigenvalue weighted by Gasteiger charge is -2.39. The van der Waals surface area contributed by atoms with E-state index in [0.717, 1.165) is 0 Å². The van der Waals surface area contributed by atoms with E-state index >= 15 is 0 Å². The van der Waals surface area contributed by atoms with Gasteiger partial charge < -0.3 is 36.0 Å². The van der Waals surface area contributed by atoms with Crippen LogP contribution in [0.3, 0.4) is 0 Å². The third kappa shape index (κ3) is 1.97. The van der Waals surface area contributed by atoms with E-state index in [1.807, 2.05) is 0 Å². The summed E-state index contributed by atoms with van der Waals surface area (Å²) in [6.45, 7) is 0. The van der Waals surface area contributed by atoms with Crippen molar-refractivity contribution in [2.45, 2.75) is 36.9 Å². The summed E-state index contributed by atoms with van der Waals surface area (Å²) in [5.74, 6) is 0. The molecule has 7 heteroatoms. The Morgan fingerprint density at radius 1 is 1.00 bits per heavy atom. The minimum atomic E-state index is -1.67. The van der Waals surface area contributed by atoms with Crippen LogP contribution in [0.4, 0.5) is 0 Å². The smallest absolute Gasteiger partial charge is 0.184 e. The Labute approximate surface area is 74.0 Å². The number of aliphatic hydroxyl groups excluding tert-OH is 5. The van der Waals surface area contributed by atoms with E-state index < -0.39 is 36.9 Å². The fourth-order valence-electron chi connectivity index (χ4n) is 1.17. The van der Waals surface area contributed by atoms with Crippen LogP contribution in [0.25, 0.3) is 0 Å². The first-order valence-electron chi connectivity index (χ1n) is 3.76. The Bertz CT molecular complexity index is 177. The van der Waals surface area contributed by atoms with E-state index in [1.54, 1.807) is 0 Å². The average molecular weight is 195 g/mol. The Hall–Kier alpha value is -0.280. The molecule has 7 nitrogen and oxygen atoms in total. The average Bonchev–Trinajstić information content (AvgIpc) is 2.07. The van der Waals surface area contributed by atoms with Gasteiger partial charge in [-0.2, -0.15) is 0 Å². The van der Waals surface area contributed by atoms with Crippen molar-refractivity contribution < 1.29 is 30.3 Å². The highest BCUT2D eigenvalue weighted by molar-refractivity contribution is 4.90. The third-order valence-corrected chi connectivity index (χ3v) is 1.96. The highest BCUT2D eigenvalue weighted by Crippen LogP contribution is 2.20. The second-order valence-electron chi connectivity index (χ2n) is 2.95. The van der Waals surface area contributed by atoms with Gasteiger partial charge in [0.05, 0.1) is 0 Å². The quantitative estimate of drug-likeness (QED) is 0.235. The highest BCUT2D eigenvalue weighted by Gasteiger charge is 2.44. The monoisotopic (exact) mass is 195 g/mol. The van der Waals surface area contributed by atoms with E-state index in [0.29, 0.717) is 0 Å². The molecular formula is C6H13NO6. The molecule has 0 radical (unpaired) electrons. The molecule has 1 aliphatic heterocycles. The Morgan fingerprint density at radius 2 is 1.54 bits per heavy atom. The maximum atomic E-state index is 9.21. The summed E-state index contributed by atoms with van der Waals surface area (Å²) < 4.78 is 4.56. The SMILES string of the molecule is NC(O)[C@H]1O[C@H](O)[C@H](O)[C@@H](O)[C@H]1O. The van der Waals surface area contributed by atoms with Crippen molar-refractivity contribution in [3.8, 4) is 0 Å². The lowest BCUT2D eigenvalue weighted by atomic mass is 9.98. The van der Waals surface area contributed by atoms with Gasteiger partial charge in [-0.1, -0.05) is 0 Å². The molecule has 0 amide bonds. The molecule has 0 aliphatic carbocycles. The molecule has 1 unspecified atom stereocenters. The summed E-state index contributed by atoms with van der Waals surface area (Å²) in [5.41, 5.74) is 4.99. The van der Waals surface area contributed by atoms with Crippen LogP contribution in [0.5, 0.6) is 0 Å². The van der Waals surface area contributed by atoms with Gasteiger partial charge in [0, 0.05) is 0 Å². The summed E-state index contributed by atoms with van der Waals surface area (Å²) in [5, 5.41) is 45.2. The lowest BCUT2D eigenvalue weighted by Crippen LogP contribution is -2.62. The molecule has 1 rings (SSSR count). The van der Waals surface area contributed by atoms with Crippen molar-refractivity contribution in [1.82, 2.24) is 0 Å². The fourth-order valence-corrected chi connectivity index (χ4v) is 1.17. The molecule has 0 aromatic heterocycles. The standard InChI is InChI=1S/C6H13NO6/c7-5(11)4-2(9)1(8)3(10)6(12)13-4/h1-6,8-12H,7H2/t1-,2+,3+,4-,5?,6-/m0/s1. The van der Waals surface area contributed by atoms with Gasteiger partial charge in [-0.05, 0) is 0 Å². The van der Waals surface area contributed by atoms with Gasteiger partial charge in [0.15, 0.2) is 6.29 Å². The summed E-state index contributed by atoms with van der Waals surface area (Å²) in [7, 11) is 0. The van der Waals surface area contributed by atoms with Crippen LogP contribution >= 0.6 is 0 Å². The first kappa shape index (κ1) is 10.8. The third-order valence-electron chi connectivity index (χ3n) is 1.96. The number of hydrogen-bond donors (Lipinski definition) is 6. The number of hydrogen-bond acceptors (Lipinski definition) is 7. The number of nitrogens with two attached hydrogens (primary N) is 1. The predicted octanol–water partition coefficient (Wildman–Crippen LogP) is -3.94. The minimum absolute atomic E-state index is 1.31. The second-order valence-corrected chi connectivity index (χ2v) is 2.95. The summed E-state index contributed by atoms with van der Waals surface area (Å²) >= 11 is 0. The van der Waals surface area contributed by atoms with Gasteiger partial charge in [-0.3, -0.25) is 0 Å². The molecule has 1 heterocycles. The fraction of sp³-hybridized carbons (Fsp3) is 1.00. The van der Waals surface area contributed by atoms with Gasteiger partial charge >= 0.3 is 0 Å². The molecule has 0 spiro atoms. The normalized spacial score (nSPS) is 48.9. The van der Waals surface area contributed by atoms with E-state index in [9.17, 15) is 5.11 Å². The zero-order valence-corrected chi connectivity index (χ0v) is 6.69. The zero-order valence-electron chi connectivity index (χ0n) is 6.69. The molecule has 0 aromatic carbocycles. The van der Waals surface area contributed by atoms with Crippen molar-refractivity contribution in [2.75, 3.05) is 0 Å². The first-order chi connectivity index (χ1) is 5.95. The molecule has 78 valence electrons. The van der Waals surface area contributed by atoms with Gasteiger partial charge in [0.1, 0.15) is 30.6 Å². The van der Waals surface area contributed by atoms with Crippen molar-refractivity contribution in [2.24, 2.45) is 5.73 Å². The van der Waals surface area contributed by atoms with Crippen molar-refractivity contribution in [3.05, 3.63) is 0 Å². The molecule has 7 N–H and O–H groups in total. The van der Waals surface area contributed by atoms with Gasteiger partial charge in [0.25, 0.3) is 0 Å². The first-order valence-corrected chi connectivity index (χ1v) is 3.76. The van der Waals surface area contributed by atoms with Crippen molar-refractivity contribution in [3.63, 3.8) is 0 Å². The molecule has 1 fully saturated rings. The van der Waals surface area contributed by atoms with Crippen LogP contribution in [0.2, 0.25) is 0 Å². The van der Waals surface area contributed by atoms with Crippen LogP contribution in [0.15, 0.2) is 0 Å². The maximum absolute atomic E-state index is 9.21. The van der Waals surface area contributed by atoms with Crippen LogP contribution in [0, 0.1) is 0 Å². The van der Waals surface area contributed by atoms with Crippen LogP contribution in [0.1, 0.15) is 0 Å². The van der Waals surface area contributed by atoms with E-state index in [1.165, 1.54) is 0 Å². The number of rotatable bonds is 1. The van der Waals surface area contributed by atoms with Gasteiger partial charge in [0.2, 0.25) is 0 Å². The molecule has 1 aliphatic rings. The van der Waals surface area contributed by atoms with Crippen LogP contribution < -0.4 is 5.73 Å². The maximum Gasteiger partial charge on any atom is 0.184 e. The molecule has 0 saturated carbocycles. The van der Waals surface area contributed by atoms with E-state index in [4.69, 9.17) is 26.2 Å². The molecule has 1 saturated heterocycles. The molecular weight excluding hydrogens is 182 g/mol. The second kappa shape index (κ2) is 3.84. The molecule has 6 atom stereocenters. The topological polar surface area (TPSA) is 136 Å². The minimum Gasteiger partial charge on any atom is -0.387 e. The Balaban J connectivity index is 2.70.